The van der Waals surface area contributed by atoms with Crippen molar-refractivity contribution in [3.05, 3.63) is 11.6 Å². The second-order valence-electron chi connectivity index (χ2n) is 9.40. The average Bonchev–Trinajstić information content (AvgIpc) is 3.10. The van der Waals surface area contributed by atoms with Crippen LogP contribution in [0.25, 0.3) is 11.2 Å². The molecule has 2 atom stereocenters. The van der Waals surface area contributed by atoms with Gasteiger partial charge >= 0.3 is 6.09 Å². The van der Waals surface area contributed by atoms with Crippen LogP contribution in [0.2, 0.25) is 5.28 Å². The molecule has 2 aromatic heterocycles. The largest absolute Gasteiger partial charge is 0.444 e. The zero-order valence-corrected chi connectivity index (χ0v) is 17.9. The van der Waals surface area contributed by atoms with Crippen LogP contribution in [0.15, 0.2) is 6.33 Å². The molecule has 2 aromatic rings. The number of carbonyl (C=O) groups is 1. The molecule has 2 saturated heterocycles. The molecule has 8 nitrogen and oxygen atoms in total. The van der Waals surface area contributed by atoms with Crippen LogP contribution in [0.3, 0.4) is 0 Å². The predicted molar refractivity (Wildman–Crippen MR) is 110 cm³/mol. The number of anilines is 1. The average molecular weight is 419 g/mol. The molecular formula is C20H27ClN6O2. The van der Waals surface area contributed by atoms with Crippen molar-refractivity contribution in [2.75, 3.05) is 18.0 Å². The van der Waals surface area contributed by atoms with Crippen molar-refractivity contribution in [2.24, 2.45) is 0 Å². The smallest absolute Gasteiger partial charge is 0.410 e. The van der Waals surface area contributed by atoms with E-state index in [9.17, 15) is 4.79 Å². The molecule has 0 N–H and O–H groups in total. The molecule has 5 rings (SSSR count). The van der Waals surface area contributed by atoms with E-state index < -0.39 is 5.60 Å². The van der Waals surface area contributed by atoms with Gasteiger partial charge in [0.2, 0.25) is 5.28 Å². The molecular weight excluding hydrogens is 392 g/mol. The van der Waals surface area contributed by atoms with Gasteiger partial charge in [-0.25, -0.2) is 9.78 Å². The molecule has 0 spiro atoms. The van der Waals surface area contributed by atoms with Crippen LogP contribution in [-0.2, 0) is 4.74 Å². The molecule has 9 heteroatoms. The maximum atomic E-state index is 12.8. The molecule has 3 fully saturated rings. The summed E-state index contributed by atoms with van der Waals surface area (Å²) in [5.74, 6) is 0.838. The fraction of sp³-hybridized carbons (Fsp3) is 0.700. The van der Waals surface area contributed by atoms with E-state index in [-0.39, 0.29) is 23.5 Å². The maximum Gasteiger partial charge on any atom is 0.410 e. The summed E-state index contributed by atoms with van der Waals surface area (Å²) in [5, 5.41) is 0.216. The van der Waals surface area contributed by atoms with Gasteiger partial charge in [0.15, 0.2) is 11.5 Å². The van der Waals surface area contributed by atoms with E-state index in [2.05, 4.69) is 24.4 Å². The number of imidazole rings is 1. The number of carbonyl (C=O) groups excluding carboxylic acids is 1. The van der Waals surface area contributed by atoms with Crippen LogP contribution in [0.1, 0.15) is 58.9 Å². The Hall–Kier alpha value is -2.09. The van der Waals surface area contributed by atoms with Gasteiger partial charge < -0.3 is 14.2 Å². The molecule has 0 aromatic carbocycles. The third-order valence-corrected chi connectivity index (χ3v) is 6.41. The van der Waals surface area contributed by atoms with Crippen LogP contribution in [0, 0.1) is 0 Å². The number of ether oxygens (including phenoxy) is 1. The van der Waals surface area contributed by atoms with Crippen molar-refractivity contribution in [1.29, 1.82) is 0 Å². The molecule has 29 heavy (non-hydrogen) atoms. The van der Waals surface area contributed by atoms with Gasteiger partial charge in [-0.2, -0.15) is 9.97 Å². The number of aromatic nitrogens is 4. The van der Waals surface area contributed by atoms with Crippen LogP contribution in [0.4, 0.5) is 10.6 Å². The zero-order chi connectivity index (χ0) is 20.3. The first-order valence-electron chi connectivity index (χ1n) is 10.5. The number of halogens is 1. The summed E-state index contributed by atoms with van der Waals surface area (Å²) in [7, 11) is 0. The van der Waals surface area contributed by atoms with E-state index in [1.165, 1.54) is 6.42 Å². The van der Waals surface area contributed by atoms with Crippen molar-refractivity contribution in [2.45, 2.75) is 76.6 Å². The summed E-state index contributed by atoms with van der Waals surface area (Å²) in [6.07, 6.45) is 7.17. The predicted octanol–water partition coefficient (Wildman–Crippen LogP) is 3.79. The van der Waals surface area contributed by atoms with E-state index in [0.717, 1.165) is 37.0 Å². The number of nitrogens with zero attached hydrogens (tertiary/aromatic N) is 6. The van der Waals surface area contributed by atoms with Crippen LogP contribution >= 0.6 is 11.6 Å². The third kappa shape index (κ3) is 3.31. The monoisotopic (exact) mass is 418 g/mol. The van der Waals surface area contributed by atoms with E-state index in [0.29, 0.717) is 24.8 Å². The highest BCUT2D eigenvalue weighted by Crippen LogP contribution is 2.39. The lowest BCUT2D eigenvalue weighted by molar-refractivity contribution is 0.0123. The maximum absolute atomic E-state index is 12.8. The quantitative estimate of drug-likeness (QED) is 0.690. The second-order valence-corrected chi connectivity index (χ2v) is 9.74. The van der Waals surface area contributed by atoms with Crippen LogP contribution in [-0.4, -0.2) is 61.3 Å². The minimum Gasteiger partial charge on any atom is -0.444 e. The summed E-state index contributed by atoms with van der Waals surface area (Å²) in [4.78, 5) is 30.4. The fourth-order valence-electron chi connectivity index (χ4n) is 4.75. The molecule has 1 aliphatic carbocycles. The minimum absolute atomic E-state index is 0.118. The van der Waals surface area contributed by atoms with Gasteiger partial charge in [-0.05, 0) is 64.5 Å². The summed E-state index contributed by atoms with van der Waals surface area (Å²) in [5.41, 5.74) is 1.12. The summed E-state index contributed by atoms with van der Waals surface area (Å²) < 4.78 is 7.87. The standard InChI is InChI=1S/C20H27ClN6O2/c1-20(2,3)29-19(28)27-13-7-8-14(27)10-25(9-13)17-15-16(23-18(21)24-17)22-11-26(15)12-5-4-6-12/h11-14H,4-10H2,1-3H3. The first-order chi connectivity index (χ1) is 13.8. The zero-order valence-electron chi connectivity index (χ0n) is 17.1. The molecule has 2 bridgehead atoms. The Balaban J connectivity index is 1.45. The molecule has 156 valence electrons. The Kier molecular flexibility index (Phi) is 4.38. The molecule has 2 aliphatic heterocycles. The third-order valence-electron chi connectivity index (χ3n) is 6.24. The van der Waals surface area contributed by atoms with Gasteiger partial charge in [0.1, 0.15) is 11.1 Å². The van der Waals surface area contributed by atoms with Gasteiger partial charge in [0.25, 0.3) is 0 Å². The lowest BCUT2D eigenvalue weighted by atomic mass is 9.93. The van der Waals surface area contributed by atoms with E-state index in [1.807, 2.05) is 32.0 Å². The van der Waals surface area contributed by atoms with Gasteiger partial charge in [-0.15, -0.1) is 0 Å². The van der Waals surface area contributed by atoms with Crippen molar-refractivity contribution < 1.29 is 9.53 Å². The molecule has 4 heterocycles. The fourth-order valence-corrected chi connectivity index (χ4v) is 4.91. The van der Waals surface area contributed by atoms with Gasteiger partial charge in [-0.1, -0.05) is 0 Å². The van der Waals surface area contributed by atoms with Crippen LogP contribution in [0.5, 0.6) is 0 Å². The van der Waals surface area contributed by atoms with Crippen LogP contribution < -0.4 is 4.90 Å². The molecule has 0 radical (unpaired) electrons. The van der Waals surface area contributed by atoms with Gasteiger partial charge in [0.05, 0.1) is 18.4 Å². The summed E-state index contributed by atoms with van der Waals surface area (Å²) in [6, 6.07) is 0.697. The topological polar surface area (TPSA) is 76.4 Å². The second kappa shape index (κ2) is 6.72. The molecule has 2 unspecified atom stereocenters. The minimum atomic E-state index is -0.491. The summed E-state index contributed by atoms with van der Waals surface area (Å²) in [6.45, 7) is 7.15. The first-order valence-corrected chi connectivity index (χ1v) is 10.8. The Morgan fingerprint density at radius 2 is 1.79 bits per heavy atom. The molecule has 3 aliphatic rings. The van der Waals surface area contributed by atoms with Crippen molar-refractivity contribution in [3.63, 3.8) is 0 Å². The Morgan fingerprint density at radius 1 is 1.10 bits per heavy atom. The highest BCUT2D eigenvalue weighted by molar-refractivity contribution is 6.28. The van der Waals surface area contributed by atoms with Crippen molar-refractivity contribution in [3.8, 4) is 0 Å². The van der Waals surface area contributed by atoms with E-state index >= 15 is 0 Å². The van der Waals surface area contributed by atoms with E-state index in [4.69, 9.17) is 16.3 Å². The van der Waals surface area contributed by atoms with Gasteiger partial charge in [-0.3, -0.25) is 4.90 Å². The molecule has 1 saturated carbocycles. The Morgan fingerprint density at radius 3 is 2.38 bits per heavy atom. The Bertz CT molecular complexity index is 936. The highest BCUT2D eigenvalue weighted by Gasteiger charge is 2.45. The van der Waals surface area contributed by atoms with Crippen molar-refractivity contribution in [1.82, 2.24) is 24.4 Å². The lowest BCUT2D eigenvalue weighted by Crippen LogP contribution is -2.57. The molecule has 1 amide bonds. The van der Waals surface area contributed by atoms with Crippen molar-refractivity contribution >= 4 is 34.7 Å². The number of rotatable bonds is 2. The number of piperazine rings is 1. The van der Waals surface area contributed by atoms with E-state index in [1.54, 1.807) is 0 Å². The summed E-state index contributed by atoms with van der Waals surface area (Å²) >= 11 is 6.24. The number of fused-ring (bicyclic) bond motifs is 3. The number of amides is 1. The Labute approximate surface area is 175 Å². The SMILES string of the molecule is CC(C)(C)OC(=O)N1C2CCC1CN(c1nc(Cl)nc3ncn(C4CCC4)c13)C2. The lowest BCUT2D eigenvalue weighted by Gasteiger charge is -2.42. The van der Waals surface area contributed by atoms with Gasteiger partial charge in [0, 0.05) is 19.1 Å². The number of hydrogen-bond donors (Lipinski definition) is 0. The first kappa shape index (κ1) is 18.9. The number of hydrogen-bond acceptors (Lipinski definition) is 6. The normalized spacial score (nSPS) is 24.8. The highest BCUT2D eigenvalue weighted by atomic mass is 35.5.